The SMILES string of the molecule is Cc1cnc(C(=O)N2CCCC2CC(=O)O)cn1. The molecule has 1 aliphatic rings. The van der Waals surface area contributed by atoms with Crippen molar-refractivity contribution in [2.45, 2.75) is 32.2 Å². The molecular weight excluding hydrogens is 234 g/mol. The summed E-state index contributed by atoms with van der Waals surface area (Å²) in [5.74, 6) is -1.11. The van der Waals surface area contributed by atoms with Gasteiger partial charge in [0.1, 0.15) is 5.69 Å². The minimum atomic E-state index is -0.880. The molecule has 1 unspecified atom stereocenters. The Morgan fingerprint density at radius 2 is 2.22 bits per heavy atom. The number of carbonyl (C=O) groups excluding carboxylic acids is 1. The van der Waals surface area contributed by atoms with E-state index in [1.807, 2.05) is 0 Å². The first-order chi connectivity index (χ1) is 8.58. The maximum Gasteiger partial charge on any atom is 0.305 e. The Morgan fingerprint density at radius 3 is 2.83 bits per heavy atom. The second-order valence-electron chi connectivity index (χ2n) is 4.44. The fraction of sp³-hybridized carbons (Fsp3) is 0.500. The number of aryl methyl sites for hydroxylation is 1. The number of hydrogen-bond donors (Lipinski definition) is 1. The molecule has 1 N–H and O–H groups in total. The first-order valence-electron chi connectivity index (χ1n) is 5.89. The normalized spacial score (nSPS) is 18.9. The predicted molar refractivity (Wildman–Crippen MR) is 63.1 cm³/mol. The Kier molecular flexibility index (Phi) is 3.55. The van der Waals surface area contributed by atoms with Crippen LogP contribution in [0.25, 0.3) is 0 Å². The molecule has 6 nitrogen and oxygen atoms in total. The molecule has 18 heavy (non-hydrogen) atoms. The number of aliphatic carboxylic acids is 1. The van der Waals surface area contributed by atoms with E-state index in [-0.39, 0.29) is 24.1 Å². The third-order valence-electron chi connectivity index (χ3n) is 3.05. The van der Waals surface area contributed by atoms with Crippen LogP contribution in [0.5, 0.6) is 0 Å². The van der Waals surface area contributed by atoms with Gasteiger partial charge in [-0.3, -0.25) is 14.6 Å². The van der Waals surface area contributed by atoms with Gasteiger partial charge in [0.2, 0.25) is 0 Å². The molecular formula is C12H15N3O3. The van der Waals surface area contributed by atoms with Crippen LogP contribution in [0.1, 0.15) is 35.4 Å². The lowest BCUT2D eigenvalue weighted by Gasteiger charge is -2.22. The van der Waals surface area contributed by atoms with Gasteiger partial charge in [-0.25, -0.2) is 4.98 Å². The maximum atomic E-state index is 12.2. The van der Waals surface area contributed by atoms with Gasteiger partial charge in [-0.2, -0.15) is 0 Å². The fourth-order valence-corrected chi connectivity index (χ4v) is 2.17. The lowest BCUT2D eigenvalue weighted by molar-refractivity contribution is -0.137. The highest BCUT2D eigenvalue weighted by atomic mass is 16.4. The molecule has 1 amide bonds. The molecule has 1 aromatic heterocycles. The number of carboxylic acid groups (broad SMARTS) is 1. The largest absolute Gasteiger partial charge is 0.481 e. The summed E-state index contributed by atoms with van der Waals surface area (Å²) in [5.41, 5.74) is 1.02. The van der Waals surface area contributed by atoms with Crippen molar-refractivity contribution in [3.8, 4) is 0 Å². The van der Waals surface area contributed by atoms with Gasteiger partial charge in [-0.1, -0.05) is 0 Å². The Balaban J connectivity index is 2.12. The summed E-state index contributed by atoms with van der Waals surface area (Å²) in [5, 5.41) is 8.81. The van der Waals surface area contributed by atoms with Gasteiger partial charge in [0, 0.05) is 18.8 Å². The van der Waals surface area contributed by atoms with Crippen LogP contribution < -0.4 is 0 Å². The molecule has 0 aromatic carbocycles. The van der Waals surface area contributed by atoms with Crippen LogP contribution in [-0.4, -0.2) is 44.4 Å². The van der Waals surface area contributed by atoms with E-state index >= 15 is 0 Å². The minimum absolute atomic E-state index is 0.00890. The number of amides is 1. The lowest BCUT2D eigenvalue weighted by Crippen LogP contribution is -2.37. The smallest absolute Gasteiger partial charge is 0.305 e. The van der Waals surface area contributed by atoms with Crippen LogP contribution in [0, 0.1) is 6.92 Å². The first-order valence-corrected chi connectivity index (χ1v) is 5.89. The summed E-state index contributed by atoms with van der Waals surface area (Å²) in [7, 11) is 0. The van der Waals surface area contributed by atoms with Crippen LogP contribution in [0.4, 0.5) is 0 Å². The quantitative estimate of drug-likeness (QED) is 0.859. The molecule has 0 bridgehead atoms. The number of carboxylic acids is 1. The molecule has 2 heterocycles. The van der Waals surface area contributed by atoms with E-state index in [0.717, 1.165) is 18.5 Å². The van der Waals surface area contributed by atoms with E-state index in [1.54, 1.807) is 11.8 Å². The summed E-state index contributed by atoms with van der Waals surface area (Å²) >= 11 is 0. The zero-order valence-corrected chi connectivity index (χ0v) is 10.2. The highest BCUT2D eigenvalue weighted by molar-refractivity contribution is 5.92. The van der Waals surface area contributed by atoms with Crippen molar-refractivity contribution in [3.63, 3.8) is 0 Å². The van der Waals surface area contributed by atoms with Gasteiger partial charge in [-0.05, 0) is 19.8 Å². The van der Waals surface area contributed by atoms with E-state index in [9.17, 15) is 9.59 Å². The zero-order valence-electron chi connectivity index (χ0n) is 10.2. The summed E-state index contributed by atoms with van der Waals surface area (Å²) < 4.78 is 0. The van der Waals surface area contributed by atoms with Crippen LogP contribution in [0.15, 0.2) is 12.4 Å². The molecule has 1 saturated heterocycles. The summed E-state index contributed by atoms with van der Waals surface area (Å²) in [6.07, 6.45) is 4.54. The van der Waals surface area contributed by atoms with Gasteiger partial charge in [0.25, 0.3) is 5.91 Å². The predicted octanol–water partition coefficient (Wildman–Crippen LogP) is 0.864. The van der Waals surface area contributed by atoms with E-state index in [4.69, 9.17) is 5.11 Å². The van der Waals surface area contributed by atoms with Gasteiger partial charge in [0.05, 0.1) is 18.3 Å². The Hall–Kier alpha value is -1.98. The molecule has 6 heteroatoms. The van der Waals surface area contributed by atoms with Crippen molar-refractivity contribution in [2.24, 2.45) is 0 Å². The Bertz CT molecular complexity index is 458. The van der Waals surface area contributed by atoms with Crippen molar-refractivity contribution in [1.29, 1.82) is 0 Å². The van der Waals surface area contributed by atoms with Crippen molar-refractivity contribution >= 4 is 11.9 Å². The average molecular weight is 249 g/mol. The molecule has 2 rings (SSSR count). The third-order valence-corrected chi connectivity index (χ3v) is 3.05. The van der Waals surface area contributed by atoms with Crippen LogP contribution in [-0.2, 0) is 4.79 Å². The molecule has 1 atom stereocenters. The van der Waals surface area contributed by atoms with Gasteiger partial charge < -0.3 is 10.0 Å². The summed E-state index contributed by atoms with van der Waals surface area (Å²) in [4.78, 5) is 32.6. The third kappa shape index (κ3) is 2.64. The molecule has 0 spiro atoms. The van der Waals surface area contributed by atoms with Crippen molar-refractivity contribution in [1.82, 2.24) is 14.9 Å². The van der Waals surface area contributed by atoms with E-state index in [2.05, 4.69) is 9.97 Å². The molecule has 1 fully saturated rings. The number of rotatable bonds is 3. The van der Waals surface area contributed by atoms with Crippen molar-refractivity contribution in [2.75, 3.05) is 6.54 Å². The van der Waals surface area contributed by atoms with E-state index in [1.165, 1.54) is 12.4 Å². The highest BCUT2D eigenvalue weighted by Crippen LogP contribution is 2.21. The first kappa shape index (κ1) is 12.5. The van der Waals surface area contributed by atoms with Crippen LogP contribution in [0.2, 0.25) is 0 Å². The lowest BCUT2D eigenvalue weighted by atomic mass is 10.1. The monoisotopic (exact) mass is 249 g/mol. The van der Waals surface area contributed by atoms with Crippen LogP contribution >= 0.6 is 0 Å². The highest BCUT2D eigenvalue weighted by Gasteiger charge is 2.31. The van der Waals surface area contributed by atoms with E-state index in [0.29, 0.717) is 6.54 Å². The van der Waals surface area contributed by atoms with Crippen molar-refractivity contribution < 1.29 is 14.7 Å². The zero-order chi connectivity index (χ0) is 13.1. The number of aromatic nitrogens is 2. The molecule has 0 radical (unpaired) electrons. The molecule has 1 aromatic rings. The number of hydrogen-bond acceptors (Lipinski definition) is 4. The molecule has 96 valence electrons. The van der Waals surface area contributed by atoms with E-state index < -0.39 is 5.97 Å². The second-order valence-corrected chi connectivity index (χ2v) is 4.44. The molecule has 0 aliphatic carbocycles. The second kappa shape index (κ2) is 5.12. The average Bonchev–Trinajstić information content (AvgIpc) is 2.76. The number of carbonyl (C=O) groups is 2. The maximum absolute atomic E-state index is 12.2. The van der Waals surface area contributed by atoms with Gasteiger partial charge in [0.15, 0.2) is 0 Å². The molecule has 0 saturated carbocycles. The number of likely N-dealkylation sites (tertiary alicyclic amines) is 1. The minimum Gasteiger partial charge on any atom is -0.481 e. The molecule has 1 aliphatic heterocycles. The number of nitrogens with zero attached hydrogens (tertiary/aromatic N) is 3. The van der Waals surface area contributed by atoms with Crippen molar-refractivity contribution in [3.05, 3.63) is 23.8 Å². The van der Waals surface area contributed by atoms with Gasteiger partial charge in [-0.15, -0.1) is 0 Å². The summed E-state index contributed by atoms with van der Waals surface area (Å²) in [6.45, 7) is 2.39. The van der Waals surface area contributed by atoms with Gasteiger partial charge >= 0.3 is 5.97 Å². The standard InChI is InChI=1S/C12H15N3O3/c1-8-6-14-10(7-13-8)12(18)15-4-2-3-9(15)5-11(16)17/h6-7,9H,2-5H2,1H3,(H,16,17). The topological polar surface area (TPSA) is 83.4 Å². The van der Waals surface area contributed by atoms with Crippen LogP contribution in [0.3, 0.4) is 0 Å². The Morgan fingerprint density at radius 1 is 1.44 bits per heavy atom. The summed E-state index contributed by atoms with van der Waals surface area (Å²) in [6, 6.07) is -0.224. The fourth-order valence-electron chi connectivity index (χ4n) is 2.17. The Labute approximate surface area is 105 Å².